The van der Waals surface area contributed by atoms with Gasteiger partial charge in [0.15, 0.2) is 0 Å². The van der Waals surface area contributed by atoms with Gasteiger partial charge in [-0.2, -0.15) is 0 Å². The van der Waals surface area contributed by atoms with Gasteiger partial charge in [0.2, 0.25) is 0 Å². The van der Waals surface area contributed by atoms with Crippen LogP contribution in [0.1, 0.15) is 43.8 Å². The van der Waals surface area contributed by atoms with E-state index in [2.05, 4.69) is 10.4 Å². The highest BCUT2D eigenvalue weighted by Crippen LogP contribution is 2.33. The van der Waals surface area contributed by atoms with Crippen molar-refractivity contribution >= 4 is 11.6 Å². The first-order chi connectivity index (χ1) is 7.81. The van der Waals surface area contributed by atoms with E-state index in [0.29, 0.717) is 10.9 Å². The molecule has 3 N–H and O–H groups in total. The lowest BCUT2D eigenvalue weighted by Gasteiger charge is -2.29. The van der Waals surface area contributed by atoms with Crippen LogP contribution >= 0.6 is 11.6 Å². The standard InChI is InChI=1S/C12H18ClN3/c13-10-6-7-11(15-8-10)12(16-14)9-4-2-1-3-5-9/h6-9,12,16H,1-5,14H2. The Hall–Kier alpha value is -0.640. The lowest BCUT2D eigenvalue weighted by Crippen LogP contribution is -2.35. The first-order valence-corrected chi connectivity index (χ1v) is 6.26. The summed E-state index contributed by atoms with van der Waals surface area (Å²) in [4.78, 5) is 4.35. The number of aromatic nitrogens is 1. The topological polar surface area (TPSA) is 50.9 Å². The molecule has 1 saturated carbocycles. The number of hydrogen-bond donors (Lipinski definition) is 2. The fourth-order valence-electron chi connectivity index (χ4n) is 2.50. The summed E-state index contributed by atoms with van der Waals surface area (Å²) in [5.74, 6) is 6.25. The second-order valence-corrected chi connectivity index (χ2v) is 4.88. The molecule has 1 unspecified atom stereocenters. The van der Waals surface area contributed by atoms with Crippen molar-refractivity contribution in [2.45, 2.75) is 38.1 Å². The van der Waals surface area contributed by atoms with Gasteiger partial charge in [-0.15, -0.1) is 0 Å². The van der Waals surface area contributed by atoms with E-state index in [-0.39, 0.29) is 6.04 Å². The number of pyridine rings is 1. The van der Waals surface area contributed by atoms with E-state index in [1.807, 2.05) is 12.1 Å². The molecule has 0 spiro atoms. The number of nitrogens with two attached hydrogens (primary N) is 1. The SMILES string of the molecule is NNC(c1ccc(Cl)cn1)C1CCCCC1. The summed E-state index contributed by atoms with van der Waals surface area (Å²) in [5.41, 5.74) is 3.90. The Labute approximate surface area is 101 Å². The van der Waals surface area contributed by atoms with E-state index in [9.17, 15) is 0 Å². The zero-order valence-electron chi connectivity index (χ0n) is 9.32. The lowest BCUT2D eigenvalue weighted by atomic mass is 9.83. The van der Waals surface area contributed by atoms with Crippen LogP contribution in [0.2, 0.25) is 5.02 Å². The predicted octanol–water partition coefficient (Wildman–Crippen LogP) is 2.82. The Morgan fingerprint density at radius 1 is 1.31 bits per heavy atom. The van der Waals surface area contributed by atoms with E-state index in [1.54, 1.807) is 6.20 Å². The van der Waals surface area contributed by atoms with Crippen LogP contribution in [0.3, 0.4) is 0 Å². The maximum Gasteiger partial charge on any atom is 0.0660 e. The summed E-state index contributed by atoms with van der Waals surface area (Å²) in [5, 5.41) is 0.670. The van der Waals surface area contributed by atoms with Crippen LogP contribution < -0.4 is 11.3 Å². The first-order valence-electron chi connectivity index (χ1n) is 5.89. The molecule has 0 aromatic carbocycles. The van der Waals surface area contributed by atoms with Crippen LogP contribution in [0.4, 0.5) is 0 Å². The maximum atomic E-state index is 5.83. The van der Waals surface area contributed by atoms with Crippen LogP contribution in [0.25, 0.3) is 0 Å². The normalized spacial score (nSPS) is 19.6. The average molecular weight is 240 g/mol. The number of halogens is 1. The molecule has 4 heteroatoms. The molecule has 1 aromatic heterocycles. The average Bonchev–Trinajstić information content (AvgIpc) is 2.34. The van der Waals surface area contributed by atoms with Crippen molar-refractivity contribution < 1.29 is 0 Å². The first kappa shape index (κ1) is 11.8. The van der Waals surface area contributed by atoms with E-state index in [1.165, 1.54) is 32.1 Å². The van der Waals surface area contributed by atoms with Crippen molar-refractivity contribution in [1.29, 1.82) is 0 Å². The molecule has 88 valence electrons. The fourth-order valence-corrected chi connectivity index (χ4v) is 2.61. The molecule has 1 aliphatic rings. The largest absolute Gasteiger partial charge is 0.271 e. The van der Waals surface area contributed by atoms with Gasteiger partial charge in [-0.3, -0.25) is 16.3 Å². The smallest absolute Gasteiger partial charge is 0.0660 e. The molecule has 1 fully saturated rings. The Morgan fingerprint density at radius 3 is 2.62 bits per heavy atom. The molecular formula is C12H18ClN3. The summed E-state index contributed by atoms with van der Waals surface area (Å²) < 4.78 is 0. The highest BCUT2D eigenvalue weighted by molar-refractivity contribution is 6.30. The molecule has 1 aromatic rings. The van der Waals surface area contributed by atoms with Gasteiger partial charge in [-0.05, 0) is 30.9 Å². The Kier molecular flexibility index (Phi) is 4.16. The third kappa shape index (κ3) is 2.73. The highest BCUT2D eigenvalue weighted by atomic mass is 35.5. The number of nitrogens with one attached hydrogen (secondary N) is 1. The molecule has 0 amide bonds. The fraction of sp³-hybridized carbons (Fsp3) is 0.583. The minimum Gasteiger partial charge on any atom is -0.271 e. The minimum absolute atomic E-state index is 0.164. The van der Waals surface area contributed by atoms with Crippen LogP contribution in [0, 0.1) is 5.92 Å². The Balaban J connectivity index is 2.11. The zero-order valence-corrected chi connectivity index (χ0v) is 10.1. The number of hydrogen-bond acceptors (Lipinski definition) is 3. The second kappa shape index (κ2) is 5.62. The molecule has 1 atom stereocenters. The molecule has 2 rings (SSSR count). The molecule has 1 heterocycles. The molecule has 0 bridgehead atoms. The van der Waals surface area contributed by atoms with Crippen molar-refractivity contribution in [3.8, 4) is 0 Å². The van der Waals surface area contributed by atoms with Gasteiger partial charge in [0.25, 0.3) is 0 Å². The summed E-state index contributed by atoms with van der Waals surface area (Å²) in [7, 11) is 0. The zero-order chi connectivity index (χ0) is 11.4. The summed E-state index contributed by atoms with van der Waals surface area (Å²) >= 11 is 5.83. The monoisotopic (exact) mass is 239 g/mol. The van der Waals surface area contributed by atoms with Crippen molar-refractivity contribution in [2.75, 3.05) is 0 Å². The number of nitrogens with zero attached hydrogens (tertiary/aromatic N) is 1. The van der Waals surface area contributed by atoms with E-state index in [4.69, 9.17) is 17.4 Å². The quantitative estimate of drug-likeness (QED) is 0.630. The predicted molar refractivity (Wildman–Crippen MR) is 65.9 cm³/mol. The third-order valence-electron chi connectivity index (χ3n) is 3.37. The molecule has 0 aliphatic heterocycles. The van der Waals surface area contributed by atoms with Gasteiger partial charge < -0.3 is 0 Å². The minimum atomic E-state index is 0.164. The van der Waals surface area contributed by atoms with Crippen LogP contribution in [-0.4, -0.2) is 4.98 Å². The molecule has 0 radical (unpaired) electrons. The van der Waals surface area contributed by atoms with Gasteiger partial charge >= 0.3 is 0 Å². The van der Waals surface area contributed by atoms with Gasteiger partial charge in [-0.1, -0.05) is 30.9 Å². The van der Waals surface area contributed by atoms with E-state index < -0.39 is 0 Å². The van der Waals surface area contributed by atoms with Gasteiger partial charge in [0.05, 0.1) is 16.8 Å². The van der Waals surface area contributed by atoms with E-state index in [0.717, 1.165) is 5.69 Å². The van der Waals surface area contributed by atoms with Gasteiger partial charge in [-0.25, -0.2) is 0 Å². The van der Waals surface area contributed by atoms with Crippen LogP contribution in [0.15, 0.2) is 18.3 Å². The number of rotatable bonds is 3. The van der Waals surface area contributed by atoms with Crippen molar-refractivity contribution in [2.24, 2.45) is 11.8 Å². The molecule has 16 heavy (non-hydrogen) atoms. The Bertz CT molecular complexity index is 320. The van der Waals surface area contributed by atoms with Crippen LogP contribution in [0.5, 0.6) is 0 Å². The lowest BCUT2D eigenvalue weighted by molar-refractivity contribution is 0.269. The molecule has 1 aliphatic carbocycles. The maximum absolute atomic E-state index is 5.83. The summed E-state index contributed by atoms with van der Waals surface area (Å²) in [6.45, 7) is 0. The number of hydrazine groups is 1. The van der Waals surface area contributed by atoms with Gasteiger partial charge in [0, 0.05) is 6.20 Å². The summed E-state index contributed by atoms with van der Waals surface area (Å²) in [6, 6.07) is 4.00. The molecular weight excluding hydrogens is 222 g/mol. The highest BCUT2D eigenvalue weighted by Gasteiger charge is 2.24. The van der Waals surface area contributed by atoms with E-state index >= 15 is 0 Å². The summed E-state index contributed by atoms with van der Waals surface area (Å²) in [6.07, 6.45) is 8.11. The van der Waals surface area contributed by atoms with Gasteiger partial charge in [0.1, 0.15) is 0 Å². The molecule has 0 saturated heterocycles. The van der Waals surface area contributed by atoms with Crippen molar-refractivity contribution in [1.82, 2.24) is 10.4 Å². The Morgan fingerprint density at radius 2 is 2.06 bits per heavy atom. The second-order valence-electron chi connectivity index (χ2n) is 4.44. The van der Waals surface area contributed by atoms with Crippen molar-refractivity contribution in [3.05, 3.63) is 29.0 Å². The van der Waals surface area contributed by atoms with Crippen molar-refractivity contribution in [3.63, 3.8) is 0 Å². The third-order valence-corrected chi connectivity index (χ3v) is 3.59. The molecule has 3 nitrogen and oxygen atoms in total. The van der Waals surface area contributed by atoms with Crippen LogP contribution in [-0.2, 0) is 0 Å².